The fourth-order valence-corrected chi connectivity index (χ4v) is 1.84. The lowest BCUT2D eigenvalue weighted by Crippen LogP contribution is -2.47. The average molecular weight is 233 g/mol. The van der Waals surface area contributed by atoms with Crippen LogP contribution >= 0.6 is 0 Å². The highest BCUT2D eigenvalue weighted by Gasteiger charge is 2.38. The molecule has 1 heterocycles. The molecule has 0 bridgehead atoms. The van der Waals surface area contributed by atoms with Crippen LogP contribution < -0.4 is 5.32 Å². The van der Waals surface area contributed by atoms with Gasteiger partial charge in [0.05, 0.1) is 0 Å². The average Bonchev–Trinajstić information content (AvgIpc) is 2.59. The molecule has 5 heteroatoms. The Balaban J connectivity index is 2.18. The summed E-state index contributed by atoms with van der Waals surface area (Å²) in [6, 6.07) is 9.61. The van der Waals surface area contributed by atoms with E-state index in [2.05, 4.69) is 5.32 Å². The van der Waals surface area contributed by atoms with Crippen molar-refractivity contribution in [2.75, 3.05) is 14.1 Å². The maximum Gasteiger partial charge on any atom is 0.314 e. The summed E-state index contributed by atoms with van der Waals surface area (Å²) >= 11 is 0. The van der Waals surface area contributed by atoms with Crippen molar-refractivity contribution in [3.63, 3.8) is 0 Å². The lowest BCUT2D eigenvalue weighted by atomic mass is 10.2. The van der Waals surface area contributed by atoms with Crippen molar-refractivity contribution < 1.29 is 9.59 Å². The van der Waals surface area contributed by atoms with Gasteiger partial charge in [0, 0.05) is 6.54 Å². The first-order valence-electron chi connectivity index (χ1n) is 5.41. The lowest BCUT2D eigenvalue weighted by Gasteiger charge is -2.28. The van der Waals surface area contributed by atoms with Crippen molar-refractivity contribution in [3.8, 4) is 0 Å². The van der Waals surface area contributed by atoms with Crippen LogP contribution in [0.5, 0.6) is 0 Å². The van der Waals surface area contributed by atoms with Gasteiger partial charge in [0.15, 0.2) is 6.29 Å². The van der Waals surface area contributed by atoms with Crippen molar-refractivity contribution in [3.05, 3.63) is 35.9 Å². The number of benzene rings is 1. The van der Waals surface area contributed by atoms with Crippen molar-refractivity contribution in [2.45, 2.75) is 12.8 Å². The molecule has 1 aliphatic rings. The fourth-order valence-electron chi connectivity index (χ4n) is 1.84. The zero-order chi connectivity index (χ0) is 12.4. The van der Waals surface area contributed by atoms with E-state index < -0.39 is 11.8 Å². The summed E-state index contributed by atoms with van der Waals surface area (Å²) < 4.78 is 0. The van der Waals surface area contributed by atoms with E-state index in [1.54, 1.807) is 4.90 Å². The van der Waals surface area contributed by atoms with Gasteiger partial charge in [0.25, 0.3) is 0 Å². The fraction of sp³-hybridized carbons (Fsp3) is 0.333. The number of amides is 2. The summed E-state index contributed by atoms with van der Waals surface area (Å²) in [5, 5.41) is 2.64. The largest absolute Gasteiger partial charge is 0.315 e. The summed E-state index contributed by atoms with van der Waals surface area (Å²) in [6.45, 7) is 0.432. The molecule has 17 heavy (non-hydrogen) atoms. The monoisotopic (exact) mass is 233 g/mol. The van der Waals surface area contributed by atoms with Gasteiger partial charge in [-0.05, 0) is 19.7 Å². The number of nitrogens with one attached hydrogen (secondary N) is 1. The van der Waals surface area contributed by atoms with E-state index in [0.717, 1.165) is 5.56 Å². The highest BCUT2D eigenvalue weighted by molar-refractivity contribution is 6.36. The minimum absolute atomic E-state index is 0.366. The topological polar surface area (TPSA) is 52.7 Å². The molecule has 1 saturated heterocycles. The Labute approximate surface area is 100 Å². The van der Waals surface area contributed by atoms with Gasteiger partial charge in [0.1, 0.15) is 0 Å². The predicted molar refractivity (Wildman–Crippen MR) is 62.6 cm³/mol. The first kappa shape index (κ1) is 11.6. The van der Waals surface area contributed by atoms with Crippen LogP contribution in [0.3, 0.4) is 0 Å². The van der Waals surface area contributed by atoms with E-state index >= 15 is 0 Å². The first-order valence-corrected chi connectivity index (χ1v) is 5.41. The molecular weight excluding hydrogens is 218 g/mol. The number of nitrogens with zero attached hydrogens (tertiary/aromatic N) is 2. The Bertz CT molecular complexity index is 431. The Hall–Kier alpha value is -1.88. The molecular formula is C12H15N3O2. The lowest BCUT2D eigenvalue weighted by molar-refractivity contribution is -0.141. The van der Waals surface area contributed by atoms with Crippen LogP contribution in [0.25, 0.3) is 0 Å². The molecule has 0 radical (unpaired) electrons. The molecule has 1 aromatic rings. The summed E-state index contributed by atoms with van der Waals surface area (Å²) in [4.78, 5) is 26.4. The molecule has 1 N–H and O–H groups in total. The van der Waals surface area contributed by atoms with Crippen LogP contribution in [-0.2, 0) is 16.1 Å². The van der Waals surface area contributed by atoms with Gasteiger partial charge in [-0.15, -0.1) is 0 Å². The van der Waals surface area contributed by atoms with Crippen LogP contribution in [0.2, 0.25) is 0 Å². The summed E-state index contributed by atoms with van der Waals surface area (Å²) in [6.07, 6.45) is -0.366. The Morgan fingerprint density at radius 3 is 2.47 bits per heavy atom. The molecule has 2 amide bonds. The second kappa shape index (κ2) is 4.55. The Kier molecular flexibility index (Phi) is 3.10. The van der Waals surface area contributed by atoms with E-state index in [1.165, 1.54) is 4.90 Å². The highest BCUT2D eigenvalue weighted by atomic mass is 16.2. The third-order valence-corrected chi connectivity index (χ3v) is 2.70. The zero-order valence-electron chi connectivity index (χ0n) is 9.88. The van der Waals surface area contributed by atoms with Crippen LogP contribution in [0, 0.1) is 0 Å². The molecule has 0 saturated carbocycles. The van der Waals surface area contributed by atoms with Gasteiger partial charge in [-0.2, -0.15) is 0 Å². The quantitative estimate of drug-likeness (QED) is 0.747. The third-order valence-electron chi connectivity index (χ3n) is 2.70. The van der Waals surface area contributed by atoms with E-state index in [1.807, 2.05) is 44.4 Å². The molecule has 1 fully saturated rings. The summed E-state index contributed by atoms with van der Waals surface area (Å²) in [5.74, 6) is -1.02. The van der Waals surface area contributed by atoms with E-state index in [0.29, 0.717) is 6.54 Å². The number of rotatable bonds is 3. The SMILES string of the molecule is CN(C)C1NC(=O)C(=O)N1Cc1ccccc1. The molecule has 0 aliphatic carbocycles. The molecule has 0 spiro atoms. The zero-order valence-corrected chi connectivity index (χ0v) is 9.88. The van der Waals surface area contributed by atoms with Crippen LogP contribution in [0.15, 0.2) is 30.3 Å². The smallest absolute Gasteiger partial charge is 0.314 e. The molecule has 1 atom stereocenters. The van der Waals surface area contributed by atoms with Crippen LogP contribution in [0.1, 0.15) is 5.56 Å². The minimum Gasteiger partial charge on any atom is -0.315 e. The standard InChI is InChI=1S/C12H15N3O2/c1-14(2)12-13-10(16)11(17)15(12)8-9-6-4-3-5-7-9/h3-7,12H,8H2,1-2H3,(H,13,16). The first-order chi connectivity index (χ1) is 8.09. The van der Waals surface area contributed by atoms with Crippen molar-refractivity contribution >= 4 is 11.8 Å². The van der Waals surface area contributed by atoms with Gasteiger partial charge in [-0.25, -0.2) is 0 Å². The second-order valence-electron chi connectivity index (χ2n) is 4.23. The molecule has 5 nitrogen and oxygen atoms in total. The van der Waals surface area contributed by atoms with Gasteiger partial charge in [-0.3, -0.25) is 19.4 Å². The van der Waals surface area contributed by atoms with Crippen LogP contribution in [-0.4, -0.2) is 42.0 Å². The number of carbonyl (C=O) groups is 2. The van der Waals surface area contributed by atoms with E-state index in [9.17, 15) is 9.59 Å². The van der Waals surface area contributed by atoms with Gasteiger partial charge >= 0.3 is 11.8 Å². The van der Waals surface area contributed by atoms with E-state index in [-0.39, 0.29) is 6.29 Å². The van der Waals surface area contributed by atoms with Crippen molar-refractivity contribution in [2.24, 2.45) is 0 Å². The van der Waals surface area contributed by atoms with Gasteiger partial charge in [0.2, 0.25) is 0 Å². The third kappa shape index (κ3) is 2.29. The van der Waals surface area contributed by atoms with Crippen LogP contribution in [0.4, 0.5) is 0 Å². The van der Waals surface area contributed by atoms with Crippen molar-refractivity contribution in [1.29, 1.82) is 0 Å². The van der Waals surface area contributed by atoms with Gasteiger partial charge < -0.3 is 5.32 Å². The molecule has 0 aromatic heterocycles. The summed E-state index contributed by atoms with van der Waals surface area (Å²) in [5.41, 5.74) is 1.00. The van der Waals surface area contributed by atoms with Crippen molar-refractivity contribution in [1.82, 2.24) is 15.1 Å². The molecule has 1 aliphatic heterocycles. The predicted octanol–water partition coefficient (Wildman–Crippen LogP) is -0.00980. The summed E-state index contributed by atoms with van der Waals surface area (Å²) in [7, 11) is 3.64. The van der Waals surface area contributed by atoms with Gasteiger partial charge in [-0.1, -0.05) is 30.3 Å². The Morgan fingerprint density at radius 2 is 1.88 bits per heavy atom. The number of hydrogen-bond donors (Lipinski definition) is 1. The number of carbonyl (C=O) groups excluding carboxylic acids is 2. The molecule has 2 rings (SSSR count). The molecule has 1 unspecified atom stereocenters. The maximum atomic E-state index is 11.7. The maximum absolute atomic E-state index is 11.7. The Morgan fingerprint density at radius 1 is 1.24 bits per heavy atom. The normalized spacial score (nSPS) is 19.9. The molecule has 90 valence electrons. The van der Waals surface area contributed by atoms with E-state index in [4.69, 9.17) is 0 Å². The number of hydrogen-bond acceptors (Lipinski definition) is 3. The highest BCUT2D eigenvalue weighted by Crippen LogP contribution is 2.13. The molecule has 1 aromatic carbocycles. The second-order valence-corrected chi connectivity index (χ2v) is 4.23. The minimum atomic E-state index is -0.542.